The molecule has 180 valence electrons. The highest BCUT2D eigenvalue weighted by molar-refractivity contribution is 5.81. The Morgan fingerprint density at radius 3 is 2.64 bits per heavy atom. The Morgan fingerprint density at radius 1 is 1.21 bits per heavy atom. The molecule has 3 N–H and O–H groups in total. The second kappa shape index (κ2) is 10.7. The second-order valence-electron chi connectivity index (χ2n) is 8.54. The molecule has 0 saturated carbocycles. The summed E-state index contributed by atoms with van der Waals surface area (Å²) in [6.07, 6.45) is -2.46. The van der Waals surface area contributed by atoms with Gasteiger partial charge in [0.2, 0.25) is 0 Å². The van der Waals surface area contributed by atoms with Crippen LogP contribution in [-0.4, -0.2) is 36.8 Å². The lowest BCUT2D eigenvalue weighted by atomic mass is 9.72. The SMILES string of the molecule is CCc1cccc(-c2c(F)cccc2C(O)(CCCNC(=O)C(F)(F)F)[C@@H]2CCCNC2)c1. The van der Waals surface area contributed by atoms with E-state index in [1.807, 2.05) is 30.4 Å². The molecule has 2 atom stereocenters. The van der Waals surface area contributed by atoms with Gasteiger partial charge in [0.15, 0.2) is 0 Å². The van der Waals surface area contributed by atoms with Crippen LogP contribution in [-0.2, 0) is 16.8 Å². The van der Waals surface area contributed by atoms with Crippen molar-refractivity contribution in [1.82, 2.24) is 10.6 Å². The number of piperidine rings is 1. The standard InChI is InChI=1S/C25H30F4N2O2/c1-2-17-7-3-8-18(15-17)22-20(10-4-11-21(22)26)24(33,19-9-5-13-30-16-19)12-6-14-31-23(32)25(27,28)29/h3-4,7-8,10-11,15,19,30,33H,2,5-6,9,12-14,16H2,1H3,(H,31,32)/t19-,24?/m1/s1. The molecule has 1 unspecified atom stereocenters. The summed E-state index contributed by atoms with van der Waals surface area (Å²) in [5, 5.41) is 17.1. The van der Waals surface area contributed by atoms with Gasteiger partial charge in [-0.25, -0.2) is 4.39 Å². The smallest absolute Gasteiger partial charge is 0.385 e. The van der Waals surface area contributed by atoms with Crippen molar-refractivity contribution in [2.24, 2.45) is 5.92 Å². The number of hydrogen-bond donors (Lipinski definition) is 3. The summed E-state index contributed by atoms with van der Waals surface area (Å²) in [6, 6.07) is 12.1. The monoisotopic (exact) mass is 466 g/mol. The molecule has 1 aliphatic rings. The number of nitrogens with one attached hydrogen (secondary N) is 2. The minimum atomic E-state index is -4.95. The summed E-state index contributed by atoms with van der Waals surface area (Å²) < 4.78 is 52.7. The molecule has 1 aliphatic heterocycles. The average molecular weight is 467 g/mol. The van der Waals surface area contributed by atoms with E-state index >= 15 is 4.39 Å². The molecule has 0 bridgehead atoms. The average Bonchev–Trinajstić information content (AvgIpc) is 2.81. The second-order valence-corrected chi connectivity index (χ2v) is 8.54. The van der Waals surface area contributed by atoms with Crippen LogP contribution in [0.5, 0.6) is 0 Å². The first-order valence-corrected chi connectivity index (χ1v) is 11.3. The molecule has 2 aromatic carbocycles. The van der Waals surface area contributed by atoms with Gasteiger partial charge in [-0.05, 0) is 61.4 Å². The molecular formula is C25H30F4N2O2. The number of amides is 1. The van der Waals surface area contributed by atoms with Crippen LogP contribution in [0.3, 0.4) is 0 Å². The van der Waals surface area contributed by atoms with Gasteiger partial charge in [-0.3, -0.25) is 4.79 Å². The van der Waals surface area contributed by atoms with Gasteiger partial charge >= 0.3 is 12.1 Å². The summed E-state index contributed by atoms with van der Waals surface area (Å²) in [5.74, 6) is -2.72. The minimum absolute atomic E-state index is 0.0847. The minimum Gasteiger partial charge on any atom is -0.385 e. The van der Waals surface area contributed by atoms with Gasteiger partial charge in [0.25, 0.3) is 0 Å². The van der Waals surface area contributed by atoms with Crippen LogP contribution < -0.4 is 10.6 Å². The molecule has 8 heteroatoms. The molecule has 1 heterocycles. The normalized spacial score (nSPS) is 18.5. The molecule has 1 amide bonds. The lowest BCUT2D eigenvalue weighted by molar-refractivity contribution is -0.173. The highest BCUT2D eigenvalue weighted by Gasteiger charge is 2.41. The first kappa shape index (κ1) is 25.2. The largest absolute Gasteiger partial charge is 0.471 e. The van der Waals surface area contributed by atoms with Crippen molar-refractivity contribution in [3.05, 3.63) is 59.4 Å². The van der Waals surface area contributed by atoms with Crippen LogP contribution in [0.1, 0.15) is 43.7 Å². The molecule has 1 fully saturated rings. The fourth-order valence-electron chi connectivity index (χ4n) is 4.60. The first-order chi connectivity index (χ1) is 15.7. The quantitative estimate of drug-likeness (QED) is 0.390. The molecule has 0 radical (unpaired) electrons. The molecule has 1 saturated heterocycles. The van der Waals surface area contributed by atoms with Crippen molar-refractivity contribution in [2.45, 2.75) is 50.8 Å². The van der Waals surface area contributed by atoms with Gasteiger partial charge in [-0.15, -0.1) is 0 Å². The topological polar surface area (TPSA) is 61.4 Å². The zero-order chi connectivity index (χ0) is 24.1. The van der Waals surface area contributed by atoms with E-state index in [1.54, 1.807) is 18.2 Å². The summed E-state index contributed by atoms with van der Waals surface area (Å²) in [6.45, 7) is 3.08. The van der Waals surface area contributed by atoms with Crippen LogP contribution in [0.2, 0.25) is 0 Å². The molecule has 3 rings (SSSR count). The number of rotatable bonds is 8. The van der Waals surface area contributed by atoms with E-state index in [0.29, 0.717) is 29.7 Å². The fraction of sp³-hybridized carbons (Fsp3) is 0.480. The third-order valence-electron chi connectivity index (χ3n) is 6.35. The van der Waals surface area contributed by atoms with Crippen molar-refractivity contribution in [2.75, 3.05) is 19.6 Å². The highest BCUT2D eigenvalue weighted by Crippen LogP contribution is 2.43. The van der Waals surface area contributed by atoms with Crippen molar-refractivity contribution in [1.29, 1.82) is 0 Å². The van der Waals surface area contributed by atoms with Crippen molar-refractivity contribution in [3.8, 4) is 11.1 Å². The van der Waals surface area contributed by atoms with E-state index in [-0.39, 0.29) is 25.3 Å². The van der Waals surface area contributed by atoms with Crippen LogP contribution in [0.25, 0.3) is 11.1 Å². The number of aryl methyl sites for hydroxylation is 1. The maximum Gasteiger partial charge on any atom is 0.471 e. The lowest BCUT2D eigenvalue weighted by Crippen LogP contribution is -2.45. The lowest BCUT2D eigenvalue weighted by Gasteiger charge is -2.40. The number of halogens is 4. The van der Waals surface area contributed by atoms with E-state index in [0.717, 1.165) is 24.9 Å². The van der Waals surface area contributed by atoms with Gasteiger partial charge in [-0.2, -0.15) is 13.2 Å². The predicted molar refractivity (Wildman–Crippen MR) is 119 cm³/mol. The van der Waals surface area contributed by atoms with E-state index in [4.69, 9.17) is 0 Å². The third kappa shape index (κ3) is 5.92. The molecular weight excluding hydrogens is 436 g/mol. The Morgan fingerprint density at radius 2 is 1.97 bits per heavy atom. The van der Waals surface area contributed by atoms with Crippen LogP contribution in [0.4, 0.5) is 17.6 Å². The first-order valence-electron chi connectivity index (χ1n) is 11.3. The van der Waals surface area contributed by atoms with Crippen molar-refractivity contribution >= 4 is 5.91 Å². The molecule has 0 aromatic heterocycles. The van der Waals surface area contributed by atoms with Crippen molar-refractivity contribution < 1.29 is 27.5 Å². The number of alkyl halides is 3. The Balaban J connectivity index is 1.95. The number of hydrogen-bond acceptors (Lipinski definition) is 3. The van der Waals surface area contributed by atoms with E-state index in [2.05, 4.69) is 5.32 Å². The zero-order valence-electron chi connectivity index (χ0n) is 18.6. The highest BCUT2D eigenvalue weighted by atomic mass is 19.4. The van der Waals surface area contributed by atoms with E-state index < -0.39 is 23.5 Å². The third-order valence-corrected chi connectivity index (χ3v) is 6.35. The van der Waals surface area contributed by atoms with Crippen LogP contribution in [0.15, 0.2) is 42.5 Å². The summed E-state index contributed by atoms with van der Waals surface area (Å²) >= 11 is 0. The maximum atomic E-state index is 15.2. The number of aliphatic hydroxyl groups is 1. The van der Waals surface area contributed by atoms with Crippen LogP contribution >= 0.6 is 0 Å². The predicted octanol–water partition coefficient (Wildman–Crippen LogP) is 4.70. The Bertz CT molecular complexity index is 958. The molecule has 0 spiro atoms. The number of carbonyl (C=O) groups excluding carboxylic acids is 1. The van der Waals surface area contributed by atoms with Gasteiger partial charge in [-0.1, -0.05) is 43.3 Å². The van der Waals surface area contributed by atoms with E-state index in [1.165, 1.54) is 6.07 Å². The summed E-state index contributed by atoms with van der Waals surface area (Å²) in [5.41, 5.74) is 0.928. The van der Waals surface area contributed by atoms with Gasteiger partial charge < -0.3 is 15.7 Å². The molecule has 4 nitrogen and oxygen atoms in total. The summed E-state index contributed by atoms with van der Waals surface area (Å²) in [7, 11) is 0. The number of carbonyl (C=O) groups is 1. The number of benzene rings is 2. The van der Waals surface area contributed by atoms with Crippen LogP contribution in [0, 0.1) is 11.7 Å². The molecule has 2 aromatic rings. The van der Waals surface area contributed by atoms with Gasteiger partial charge in [0, 0.05) is 24.6 Å². The van der Waals surface area contributed by atoms with Crippen molar-refractivity contribution in [3.63, 3.8) is 0 Å². The Labute approximate surface area is 191 Å². The maximum absolute atomic E-state index is 15.2. The molecule has 33 heavy (non-hydrogen) atoms. The Kier molecular flexibility index (Phi) is 8.13. The van der Waals surface area contributed by atoms with E-state index in [9.17, 15) is 23.1 Å². The fourth-order valence-corrected chi connectivity index (χ4v) is 4.60. The molecule has 0 aliphatic carbocycles. The Hall–Kier alpha value is -2.45. The van der Waals surface area contributed by atoms with Gasteiger partial charge in [0.05, 0.1) is 5.60 Å². The van der Waals surface area contributed by atoms with Gasteiger partial charge in [0.1, 0.15) is 5.82 Å². The zero-order valence-corrected chi connectivity index (χ0v) is 18.6. The summed E-state index contributed by atoms with van der Waals surface area (Å²) in [4.78, 5) is 11.1.